The van der Waals surface area contributed by atoms with E-state index in [9.17, 15) is 0 Å². The molecule has 8 nitrogen and oxygen atoms in total. The van der Waals surface area contributed by atoms with E-state index in [2.05, 4.69) is 9.97 Å². The number of H-pyrrole nitrogens is 2. The predicted octanol–water partition coefficient (Wildman–Crippen LogP) is 6.64. The zero-order chi connectivity index (χ0) is 28.2. The van der Waals surface area contributed by atoms with Crippen LogP contribution in [0.4, 0.5) is 0 Å². The molecule has 7 aromatic rings. The normalized spacial score (nSPS) is 11.5. The van der Waals surface area contributed by atoms with Crippen molar-refractivity contribution in [2.24, 2.45) is 0 Å². The largest absolute Gasteiger partial charge is 0.324 e. The van der Waals surface area contributed by atoms with Crippen molar-refractivity contribution >= 4 is 71.4 Å². The molecule has 2 aliphatic heterocycles. The molecule has 2 aliphatic rings. The third-order valence-electron chi connectivity index (χ3n) is 7.46. The van der Waals surface area contributed by atoms with Gasteiger partial charge in [-0.25, -0.2) is 29.9 Å². The summed E-state index contributed by atoms with van der Waals surface area (Å²) in [4.78, 5) is 36.8. The summed E-state index contributed by atoms with van der Waals surface area (Å²) in [6.45, 7) is 0. The Morgan fingerprint density at radius 2 is 0.595 bits per heavy atom. The van der Waals surface area contributed by atoms with Crippen LogP contribution in [0.5, 0.6) is 0 Å². The van der Waals surface area contributed by atoms with E-state index in [1.54, 1.807) is 0 Å². The van der Waals surface area contributed by atoms with E-state index >= 15 is 0 Å². The van der Waals surface area contributed by atoms with E-state index in [1.807, 2.05) is 97.1 Å². The van der Waals surface area contributed by atoms with Gasteiger partial charge in [0.15, 0.2) is 23.3 Å². The van der Waals surface area contributed by atoms with Crippen molar-refractivity contribution in [2.45, 2.75) is 0 Å². The van der Waals surface area contributed by atoms with Crippen LogP contribution < -0.4 is 0 Å². The van der Waals surface area contributed by atoms with Gasteiger partial charge in [0.05, 0.1) is 0 Å². The van der Waals surface area contributed by atoms with Gasteiger partial charge in [0.25, 0.3) is 0 Å². The number of rotatable bonds is 0. The molecule has 0 unspecified atom stereocenters. The average Bonchev–Trinajstić information content (AvgIpc) is 3.78. The standard InChI is InChI=1S/C32H18N8.ClH.Ga.2H/c1-2-10-18-17(9-1)25-33-26(18)38-28-21-13-5-6-14-22(21)30(35-28)40-32-24-16-8-7-15-23(24)31(36-32)39-29-20-12-4-3-11-19(20)27(34-29)37-25;;;;/h1-16H,(H2,33,34,35,36,37,38,39,40);1H;;;/q;;+1;;/p-1. The average molecular weight is 622 g/mol. The molecule has 3 aromatic heterocycles. The molecule has 0 atom stereocenters. The van der Waals surface area contributed by atoms with Crippen molar-refractivity contribution in [1.82, 2.24) is 39.9 Å². The third kappa shape index (κ3) is 3.86. The van der Waals surface area contributed by atoms with E-state index in [-0.39, 0.29) is 0 Å². The molecule has 5 heterocycles. The molecule has 4 aromatic carbocycles. The molecule has 198 valence electrons. The second-order valence-electron chi connectivity index (χ2n) is 9.79. The molecule has 42 heavy (non-hydrogen) atoms. The van der Waals surface area contributed by atoms with Crippen LogP contribution in [0.2, 0.25) is 0 Å². The predicted molar refractivity (Wildman–Crippen MR) is 170 cm³/mol. The Bertz CT molecular complexity index is 2040. The monoisotopic (exact) mass is 620 g/mol. The summed E-state index contributed by atoms with van der Waals surface area (Å²) >= 11 is 0.535. The van der Waals surface area contributed by atoms with Gasteiger partial charge >= 0.3 is 27.2 Å². The molecular weight excluding hydrogens is 602 g/mol. The molecule has 0 aliphatic carbocycles. The van der Waals surface area contributed by atoms with Gasteiger partial charge in [0.2, 0.25) is 0 Å². The molecule has 0 amide bonds. The van der Waals surface area contributed by atoms with E-state index in [1.165, 1.54) is 0 Å². The molecule has 9 rings (SSSR count). The fourth-order valence-electron chi connectivity index (χ4n) is 5.59. The van der Waals surface area contributed by atoms with Crippen LogP contribution in [0.25, 0.3) is 89.7 Å². The SMILES string of the molecule is [Cl][GaH2].c1ccc2c(c1)-c1nc-2nc2[nH]c(nc3nc(nc4[nH]c(n1)c1ccccc41)-c1ccccc1-3)c1ccccc21. The summed E-state index contributed by atoms with van der Waals surface area (Å²) in [6, 6.07) is 32.2. The van der Waals surface area contributed by atoms with Crippen molar-refractivity contribution < 1.29 is 0 Å². The second-order valence-corrected chi connectivity index (χ2v) is 9.79. The Kier molecular flexibility index (Phi) is 5.88. The van der Waals surface area contributed by atoms with Crippen LogP contribution >= 0.6 is 9.64 Å². The van der Waals surface area contributed by atoms with Crippen LogP contribution in [-0.4, -0.2) is 57.5 Å². The van der Waals surface area contributed by atoms with Crippen molar-refractivity contribution in [2.75, 3.05) is 0 Å². The first-order valence-electron chi connectivity index (χ1n) is 13.4. The van der Waals surface area contributed by atoms with E-state index in [4.69, 9.17) is 39.5 Å². The molecule has 0 radical (unpaired) electrons. The summed E-state index contributed by atoms with van der Waals surface area (Å²) in [7, 11) is 4.83. The van der Waals surface area contributed by atoms with Gasteiger partial charge < -0.3 is 9.97 Å². The summed E-state index contributed by atoms with van der Waals surface area (Å²) in [5.41, 5.74) is 6.45. The van der Waals surface area contributed by atoms with Gasteiger partial charge in [-0.2, -0.15) is 0 Å². The summed E-state index contributed by atoms with van der Waals surface area (Å²) in [6.07, 6.45) is 0. The summed E-state index contributed by atoms with van der Waals surface area (Å²) in [5, 5.41) is 3.82. The molecule has 0 spiro atoms. The van der Waals surface area contributed by atoms with Crippen LogP contribution in [0, 0.1) is 0 Å². The Morgan fingerprint density at radius 3 is 0.857 bits per heavy atom. The smallest absolute Gasteiger partial charge is 0.164 e. The van der Waals surface area contributed by atoms with Crippen LogP contribution in [0.3, 0.4) is 0 Å². The third-order valence-corrected chi connectivity index (χ3v) is 7.46. The van der Waals surface area contributed by atoms with Crippen molar-refractivity contribution in [1.29, 1.82) is 0 Å². The molecule has 10 heteroatoms. The maximum Gasteiger partial charge on any atom is 0.164 e. The number of benzene rings is 4. The van der Waals surface area contributed by atoms with E-state index in [0.29, 0.717) is 63.5 Å². The number of nitrogens with one attached hydrogen (secondary N) is 2. The molecule has 0 saturated carbocycles. The van der Waals surface area contributed by atoms with E-state index < -0.39 is 0 Å². The van der Waals surface area contributed by atoms with E-state index in [0.717, 1.165) is 43.8 Å². The fraction of sp³-hybridized carbons (Fsp3) is 0. The first kappa shape index (κ1) is 24.9. The van der Waals surface area contributed by atoms with Crippen LogP contribution in [-0.2, 0) is 0 Å². The maximum atomic E-state index is 5.02. The molecule has 0 saturated heterocycles. The zero-order valence-corrected chi connectivity index (χ0v) is 27.3. The minimum atomic E-state index is 0.535. The van der Waals surface area contributed by atoms with Crippen LogP contribution in [0.1, 0.15) is 0 Å². The zero-order valence-electron chi connectivity index (χ0n) is 22.3. The number of fused-ring (bicyclic) bond motifs is 20. The second kappa shape index (κ2) is 9.91. The Labute approximate surface area is 252 Å². The summed E-state index contributed by atoms with van der Waals surface area (Å²) < 4.78 is 0. The minimum Gasteiger partial charge on any atom is -0.324 e. The van der Waals surface area contributed by atoms with Crippen molar-refractivity contribution in [3.8, 4) is 45.6 Å². The molecule has 2 N–H and O–H groups in total. The molecule has 0 fully saturated rings. The number of aromatic nitrogens is 8. The van der Waals surface area contributed by atoms with Gasteiger partial charge in [-0.1, -0.05) is 97.1 Å². The van der Waals surface area contributed by atoms with Crippen molar-refractivity contribution in [3.63, 3.8) is 0 Å². The Morgan fingerprint density at radius 1 is 0.357 bits per heavy atom. The first-order valence-corrected chi connectivity index (χ1v) is 18.9. The fourth-order valence-corrected chi connectivity index (χ4v) is 5.59. The van der Waals surface area contributed by atoms with Gasteiger partial charge in [-0.15, -0.1) is 0 Å². The van der Waals surface area contributed by atoms with Crippen LogP contribution in [0.15, 0.2) is 97.1 Å². The van der Waals surface area contributed by atoms with Gasteiger partial charge in [0.1, 0.15) is 22.6 Å². The van der Waals surface area contributed by atoms with Crippen molar-refractivity contribution in [3.05, 3.63) is 97.1 Å². The van der Waals surface area contributed by atoms with Gasteiger partial charge in [-0.05, 0) is 0 Å². The number of halogens is 1. The molecule has 8 bridgehead atoms. The number of hydrogen-bond donors (Lipinski definition) is 2. The first-order chi connectivity index (χ1) is 20.8. The topological polar surface area (TPSA) is 109 Å². The Balaban J connectivity index is 0.00000131. The maximum absolute atomic E-state index is 5.02. The number of nitrogens with zero attached hydrogens (tertiary/aromatic N) is 6. The quantitative estimate of drug-likeness (QED) is 0.184. The number of hydrogen-bond acceptors (Lipinski definition) is 6. The van der Waals surface area contributed by atoms with Gasteiger partial charge in [-0.3, -0.25) is 0 Å². The number of aromatic amines is 2. The molecular formula is C32H20ClGaN8. The Hall–Kier alpha value is -4.83. The minimum absolute atomic E-state index is 0.535. The van der Waals surface area contributed by atoms with Gasteiger partial charge in [0, 0.05) is 43.8 Å². The summed E-state index contributed by atoms with van der Waals surface area (Å²) in [5.74, 6) is 2.39.